The largest absolute Gasteiger partial charge is 0.508 e. The molecular formula is C35H44F2N2O8S2. The van der Waals surface area contributed by atoms with Gasteiger partial charge in [-0.2, -0.15) is 0 Å². The summed E-state index contributed by atoms with van der Waals surface area (Å²) in [5, 5.41) is 34.5. The molecule has 14 heteroatoms. The third-order valence-corrected chi connectivity index (χ3v) is 13.4. The van der Waals surface area contributed by atoms with Gasteiger partial charge in [0.15, 0.2) is 0 Å². The van der Waals surface area contributed by atoms with Gasteiger partial charge >= 0.3 is 0 Å². The van der Waals surface area contributed by atoms with E-state index in [2.05, 4.69) is 0 Å². The van der Waals surface area contributed by atoms with Crippen molar-refractivity contribution in [2.45, 2.75) is 95.1 Å². The molecule has 0 bridgehead atoms. The van der Waals surface area contributed by atoms with E-state index in [-0.39, 0.29) is 62.2 Å². The van der Waals surface area contributed by atoms with Gasteiger partial charge in [0.05, 0.1) is 23.6 Å². The highest BCUT2D eigenvalue weighted by Gasteiger charge is 2.58. The average molecular weight is 723 g/mol. The van der Waals surface area contributed by atoms with Crippen molar-refractivity contribution in [2.24, 2.45) is 0 Å². The highest BCUT2D eigenvalue weighted by atomic mass is 32.2. The Morgan fingerprint density at radius 3 is 1.59 bits per heavy atom. The van der Waals surface area contributed by atoms with Crippen LogP contribution in [-0.2, 0) is 37.9 Å². The highest BCUT2D eigenvalue weighted by molar-refractivity contribution is 7.92. The predicted molar refractivity (Wildman–Crippen MR) is 180 cm³/mol. The summed E-state index contributed by atoms with van der Waals surface area (Å²) in [6.45, 7) is 3.21. The van der Waals surface area contributed by atoms with Crippen molar-refractivity contribution in [3.05, 3.63) is 95.1 Å². The minimum absolute atomic E-state index is 0.0418. The first kappa shape index (κ1) is 37.1. The highest BCUT2D eigenvalue weighted by Crippen LogP contribution is 2.49. The standard InChI is InChI=1S/C35H44F2N2O8S2/c1-3-19-48(43,44)38(32-7-5-17-34(32,41)26-9-13-30(40)14-10-26)39(49(45,46)20-4-2)33-8-6-18-35(33,42)27-11-15-31(16-12-27)47-24-25-21-28(36)23-29(37)22-25/h9-16,21-23,32-33,40-42H,3-8,17-20,24H2,1-2H3. The number of hydrogen-bond acceptors (Lipinski definition) is 8. The molecule has 2 aliphatic rings. The molecule has 3 aromatic rings. The number of ether oxygens (including phenoxy) is 1. The van der Waals surface area contributed by atoms with Crippen molar-refractivity contribution in [1.82, 2.24) is 8.83 Å². The first-order chi connectivity index (χ1) is 23.1. The van der Waals surface area contributed by atoms with Crippen LogP contribution in [0.15, 0.2) is 66.7 Å². The summed E-state index contributed by atoms with van der Waals surface area (Å²) in [5.41, 5.74) is -2.64. The molecule has 2 saturated carbocycles. The summed E-state index contributed by atoms with van der Waals surface area (Å²) in [5.74, 6) is -1.96. The van der Waals surface area contributed by atoms with Gasteiger partial charge in [0.25, 0.3) is 0 Å². The second-order valence-electron chi connectivity index (χ2n) is 13.0. The molecule has 0 radical (unpaired) electrons. The Hall–Kier alpha value is -3.14. The Kier molecular flexibility index (Phi) is 11.1. The number of phenolic OH excluding ortho intramolecular Hbond substituents is 1. The van der Waals surface area contributed by atoms with Crippen LogP contribution >= 0.6 is 0 Å². The van der Waals surface area contributed by atoms with Gasteiger partial charge in [-0.15, -0.1) is 8.83 Å². The van der Waals surface area contributed by atoms with Gasteiger partial charge in [0.1, 0.15) is 40.9 Å². The Balaban J connectivity index is 1.56. The fraction of sp³-hybridized carbons (Fsp3) is 0.486. The molecule has 0 heterocycles. The molecule has 2 fully saturated rings. The Morgan fingerprint density at radius 2 is 1.16 bits per heavy atom. The fourth-order valence-corrected chi connectivity index (χ4v) is 11.3. The van der Waals surface area contributed by atoms with Crippen LogP contribution < -0.4 is 4.74 Å². The van der Waals surface area contributed by atoms with Crippen molar-refractivity contribution >= 4 is 20.0 Å². The van der Waals surface area contributed by atoms with E-state index in [9.17, 15) is 40.9 Å². The lowest BCUT2D eigenvalue weighted by atomic mass is 9.88. The fourth-order valence-electron chi connectivity index (χ4n) is 7.26. The molecule has 0 saturated heterocycles. The number of rotatable bonds is 14. The van der Waals surface area contributed by atoms with Crippen molar-refractivity contribution in [2.75, 3.05) is 11.5 Å². The molecule has 10 nitrogen and oxygen atoms in total. The minimum Gasteiger partial charge on any atom is -0.508 e. The molecule has 0 aliphatic heterocycles. The summed E-state index contributed by atoms with van der Waals surface area (Å²) in [6, 6.07) is 12.6. The number of hydrogen-bond donors (Lipinski definition) is 3. The molecule has 0 spiro atoms. The number of nitrogens with zero attached hydrogens (tertiary/aromatic N) is 2. The monoisotopic (exact) mass is 722 g/mol. The molecule has 4 atom stereocenters. The second-order valence-corrected chi connectivity index (χ2v) is 16.9. The number of aliphatic hydroxyl groups is 2. The molecule has 4 unspecified atom stereocenters. The molecule has 5 rings (SSSR count). The zero-order chi connectivity index (χ0) is 35.6. The lowest BCUT2D eigenvalue weighted by Crippen LogP contribution is -2.65. The summed E-state index contributed by atoms with van der Waals surface area (Å²) in [7, 11) is -8.76. The van der Waals surface area contributed by atoms with Gasteiger partial charge in [-0.25, -0.2) is 25.6 Å². The smallest absolute Gasteiger partial charge is 0.228 e. The average Bonchev–Trinajstić information content (AvgIpc) is 3.61. The number of phenols is 1. The predicted octanol–water partition coefficient (Wildman–Crippen LogP) is 5.43. The van der Waals surface area contributed by atoms with Crippen molar-refractivity contribution in [1.29, 1.82) is 0 Å². The molecule has 0 aromatic heterocycles. The molecule has 3 N–H and O–H groups in total. The van der Waals surface area contributed by atoms with E-state index in [4.69, 9.17) is 4.74 Å². The normalized spacial score (nSPS) is 24.6. The van der Waals surface area contributed by atoms with E-state index in [1.165, 1.54) is 24.3 Å². The Labute approximate surface area is 287 Å². The first-order valence-electron chi connectivity index (χ1n) is 16.6. The number of sulfonamides is 2. The maximum absolute atomic E-state index is 14.3. The first-order valence-corrected chi connectivity index (χ1v) is 19.8. The van der Waals surface area contributed by atoms with Crippen molar-refractivity contribution in [3.63, 3.8) is 0 Å². The maximum atomic E-state index is 14.3. The molecular weight excluding hydrogens is 679 g/mol. The zero-order valence-corrected chi connectivity index (χ0v) is 29.3. The SMILES string of the molecule is CCCS(=O)(=O)N(C1CCCC1(O)c1ccc(O)cc1)N(C1CCCC1(O)c1ccc(OCc2cc(F)cc(F)c2)cc1)S(=O)(=O)CCC. The van der Waals surface area contributed by atoms with Crippen LogP contribution in [0.1, 0.15) is 81.9 Å². The third kappa shape index (κ3) is 7.64. The van der Waals surface area contributed by atoms with Crippen LogP contribution in [0, 0.1) is 11.6 Å². The van der Waals surface area contributed by atoms with Gasteiger partial charge < -0.3 is 20.1 Å². The Bertz CT molecular complexity index is 1810. The van der Waals surface area contributed by atoms with Gasteiger partial charge in [0.2, 0.25) is 20.0 Å². The topological polar surface area (TPSA) is 145 Å². The van der Waals surface area contributed by atoms with E-state index in [1.807, 2.05) is 0 Å². The van der Waals surface area contributed by atoms with Crippen LogP contribution in [-0.4, -0.2) is 64.6 Å². The van der Waals surface area contributed by atoms with E-state index < -0.39 is 60.7 Å². The van der Waals surface area contributed by atoms with Gasteiger partial charge in [0, 0.05) is 6.07 Å². The lowest BCUT2D eigenvalue weighted by molar-refractivity contribution is -0.0938. The molecule has 0 amide bonds. The quantitative estimate of drug-likeness (QED) is 0.187. The van der Waals surface area contributed by atoms with Gasteiger partial charge in [-0.3, -0.25) is 0 Å². The van der Waals surface area contributed by atoms with E-state index in [0.717, 1.165) is 27.0 Å². The van der Waals surface area contributed by atoms with E-state index in [1.54, 1.807) is 38.1 Å². The number of aromatic hydroxyl groups is 1. The maximum Gasteiger partial charge on any atom is 0.228 e. The Morgan fingerprint density at radius 1 is 0.735 bits per heavy atom. The lowest BCUT2D eigenvalue weighted by Gasteiger charge is -2.47. The molecule has 49 heavy (non-hydrogen) atoms. The summed E-state index contributed by atoms with van der Waals surface area (Å²) in [4.78, 5) is 0. The van der Waals surface area contributed by atoms with Crippen LogP contribution in [0.25, 0.3) is 0 Å². The van der Waals surface area contributed by atoms with Crippen LogP contribution in [0.3, 0.4) is 0 Å². The molecule has 3 aromatic carbocycles. The van der Waals surface area contributed by atoms with Gasteiger partial charge in [-0.1, -0.05) is 38.1 Å². The number of halogens is 2. The van der Waals surface area contributed by atoms with Crippen molar-refractivity contribution in [3.8, 4) is 11.5 Å². The van der Waals surface area contributed by atoms with E-state index in [0.29, 0.717) is 29.7 Å². The number of benzene rings is 3. The van der Waals surface area contributed by atoms with E-state index >= 15 is 0 Å². The zero-order valence-electron chi connectivity index (χ0n) is 27.6. The second kappa shape index (κ2) is 14.6. The van der Waals surface area contributed by atoms with Crippen LogP contribution in [0.4, 0.5) is 8.78 Å². The van der Waals surface area contributed by atoms with Crippen LogP contribution in [0.5, 0.6) is 11.5 Å². The van der Waals surface area contributed by atoms with Crippen LogP contribution in [0.2, 0.25) is 0 Å². The van der Waals surface area contributed by atoms with Crippen molar-refractivity contribution < 1.29 is 45.7 Å². The number of hydrazine groups is 1. The summed E-state index contributed by atoms with van der Waals surface area (Å²) < 4.78 is 91.9. The third-order valence-electron chi connectivity index (χ3n) is 9.44. The molecule has 2 aliphatic carbocycles. The molecule has 268 valence electrons. The summed E-state index contributed by atoms with van der Waals surface area (Å²) in [6.07, 6.45) is 1.74. The summed E-state index contributed by atoms with van der Waals surface area (Å²) >= 11 is 0. The van der Waals surface area contributed by atoms with Gasteiger partial charge in [-0.05, 0) is 104 Å². The minimum atomic E-state index is -4.38.